The van der Waals surface area contributed by atoms with E-state index in [1.165, 1.54) is 6.92 Å². The lowest BCUT2D eigenvalue weighted by molar-refractivity contribution is -0.141. The lowest BCUT2D eigenvalue weighted by Gasteiger charge is -2.24. The molecule has 0 spiro atoms. The smallest absolute Gasteiger partial charge is 0.408 e. The zero-order valence-corrected chi connectivity index (χ0v) is 42.9. The molecule has 16 nitrogen and oxygen atoms in total. The molecule has 71 heavy (non-hydrogen) atoms. The molecule has 0 aromatic heterocycles. The Morgan fingerprint density at radius 1 is 0.606 bits per heavy atom. The third-order valence-electron chi connectivity index (χ3n) is 9.95. The van der Waals surface area contributed by atoms with Gasteiger partial charge >= 0.3 is 18.2 Å². The molecule has 4 aromatic carbocycles. The standard InChI is InChI=1S/C27H32ClN3O4.C18H26N2O5.C8H7ClN2/c1-18(24(32)15-12-20-16-22(28)13-11-21(20)17-29)30-25(33)23(31-26(34)35-27(2,3)4)14-10-19-8-6-5-7-9-19;1-12(16(22)23)19-15(21)14(20-17(24)25-18(2,3)4)11-10-13-8-6-5-7-9-13;9-8-2-1-6(4-10)7(3-8)5-11/h5-9,11,13,16,18,23H,10,12,14-15H2,1-4H3,(H,30,33)(H,31,34);5-9,12,14H,10-11H2,1-4H3,(H,19,21)(H,20,24)(H,22,23);1-3H,5,11H2/t18-,23+;12-,14+;/m00./s1. The van der Waals surface area contributed by atoms with Crippen LogP contribution in [0, 0.1) is 22.7 Å². The summed E-state index contributed by atoms with van der Waals surface area (Å²) in [6.45, 7) is 13.7. The number of carboxylic acids is 1. The van der Waals surface area contributed by atoms with Crippen LogP contribution in [0.4, 0.5) is 9.59 Å². The lowest BCUT2D eigenvalue weighted by Crippen LogP contribution is -2.51. The zero-order valence-electron chi connectivity index (χ0n) is 41.4. The number of halogens is 2. The molecule has 0 unspecified atom stereocenters. The number of hydrogen-bond donors (Lipinski definition) is 6. The molecule has 0 aliphatic heterocycles. The minimum Gasteiger partial charge on any atom is -0.480 e. The highest BCUT2D eigenvalue weighted by molar-refractivity contribution is 6.31. The van der Waals surface area contributed by atoms with E-state index in [4.69, 9.17) is 48.8 Å². The first-order valence-corrected chi connectivity index (χ1v) is 23.6. The van der Waals surface area contributed by atoms with Gasteiger partial charge in [-0.2, -0.15) is 10.5 Å². The predicted octanol–water partition coefficient (Wildman–Crippen LogP) is 8.52. The van der Waals surface area contributed by atoms with E-state index in [2.05, 4.69) is 27.3 Å². The largest absolute Gasteiger partial charge is 0.480 e. The Morgan fingerprint density at radius 2 is 1.00 bits per heavy atom. The van der Waals surface area contributed by atoms with Crippen molar-refractivity contribution in [2.75, 3.05) is 0 Å². The molecule has 0 bridgehead atoms. The summed E-state index contributed by atoms with van der Waals surface area (Å²) in [7, 11) is 0. The summed E-state index contributed by atoms with van der Waals surface area (Å²) < 4.78 is 10.5. The van der Waals surface area contributed by atoms with Crippen molar-refractivity contribution in [1.29, 1.82) is 10.5 Å². The van der Waals surface area contributed by atoms with Gasteiger partial charge in [-0.25, -0.2) is 9.59 Å². The van der Waals surface area contributed by atoms with Gasteiger partial charge in [-0.3, -0.25) is 19.2 Å². The van der Waals surface area contributed by atoms with E-state index in [1.807, 2.05) is 66.7 Å². The molecule has 0 heterocycles. The SMILES string of the molecule is C[C@H](NC(=O)[C@@H](CCc1ccccc1)NC(=O)OC(C)(C)C)C(=O)CCc1cc(Cl)ccc1C#N.C[C@H](NC(=O)[C@@H](CCc1ccccc1)NC(=O)OC(C)(C)C)C(=O)O.N#Cc1ccc(Cl)cc1CN. The van der Waals surface area contributed by atoms with Crippen LogP contribution in [0.2, 0.25) is 10.0 Å². The Morgan fingerprint density at radius 3 is 1.38 bits per heavy atom. The molecule has 4 rings (SSSR count). The number of Topliss-reactive ketones (excluding diaryl/α,β-unsaturated/α-hetero) is 1. The average Bonchev–Trinajstić information content (AvgIpc) is 3.30. The zero-order chi connectivity index (χ0) is 53.3. The van der Waals surface area contributed by atoms with Gasteiger partial charge in [-0.1, -0.05) is 83.9 Å². The second-order valence-electron chi connectivity index (χ2n) is 18.2. The van der Waals surface area contributed by atoms with Crippen molar-refractivity contribution < 1.29 is 43.3 Å². The van der Waals surface area contributed by atoms with Gasteiger partial charge in [0.25, 0.3) is 0 Å². The summed E-state index contributed by atoms with van der Waals surface area (Å²) in [6.07, 6.45) is 0.809. The van der Waals surface area contributed by atoms with Crippen molar-refractivity contribution in [3.8, 4) is 12.1 Å². The van der Waals surface area contributed by atoms with E-state index in [9.17, 15) is 34.0 Å². The first-order valence-electron chi connectivity index (χ1n) is 22.8. The van der Waals surface area contributed by atoms with Gasteiger partial charge < -0.3 is 41.6 Å². The Balaban J connectivity index is 0.000000414. The number of carbonyl (C=O) groups excluding carboxylic acids is 5. The number of amides is 4. The summed E-state index contributed by atoms with van der Waals surface area (Å²) >= 11 is 11.7. The summed E-state index contributed by atoms with van der Waals surface area (Å²) in [5.41, 5.74) is 8.54. The van der Waals surface area contributed by atoms with Gasteiger partial charge in [0.15, 0.2) is 5.78 Å². The molecular formula is C53H65Cl2N7O9. The summed E-state index contributed by atoms with van der Waals surface area (Å²) in [5.74, 6) is -2.36. The van der Waals surface area contributed by atoms with Crippen LogP contribution in [0.3, 0.4) is 0 Å². The number of aryl methyl sites for hydroxylation is 3. The summed E-state index contributed by atoms with van der Waals surface area (Å²) in [6, 6.07) is 29.6. The molecule has 4 atom stereocenters. The monoisotopic (exact) mass is 1010 g/mol. The van der Waals surface area contributed by atoms with Crippen molar-refractivity contribution >= 4 is 59.0 Å². The normalized spacial score (nSPS) is 12.4. The van der Waals surface area contributed by atoms with E-state index in [0.717, 1.165) is 16.7 Å². The molecule has 0 aliphatic rings. The fraction of sp³-hybridized carbons (Fsp3) is 0.396. The molecule has 380 valence electrons. The van der Waals surface area contributed by atoms with Gasteiger partial charge in [-0.05, 0) is 146 Å². The van der Waals surface area contributed by atoms with Crippen LogP contribution in [0.25, 0.3) is 0 Å². The third kappa shape index (κ3) is 24.4. The molecular weight excluding hydrogens is 950 g/mol. The third-order valence-corrected chi connectivity index (χ3v) is 10.4. The number of hydrogen-bond acceptors (Lipinski definition) is 11. The average molecular weight is 1020 g/mol. The number of nitrogens with zero attached hydrogens (tertiary/aromatic N) is 2. The number of nitrogens with two attached hydrogens (primary N) is 1. The molecule has 7 N–H and O–H groups in total. The Hall–Kier alpha value is -6.98. The number of benzene rings is 4. The number of alkyl carbamates (subject to hydrolysis) is 2. The van der Waals surface area contributed by atoms with E-state index >= 15 is 0 Å². The minimum absolute atomic E-state index is 0.130. The first-order chi connectivity index (χ1) is 33.3. The van der Waals surface area contributed by atoms with Crippen LogP contribution < -0.4 is 27.0 Å². The van der Waals surface area contributed by atoms with Crippen molar-refractivity contribution in [3.05, 3.63) is 140 Å². The molecule has 0 saturated heterocycles. The lowest BCUT2D eigenvalue weighted by atomic mass is 10.00. The number of nitriles is 2. The molecule has 0 fully saturated rings. The highest BCUT2D eigenvalue weighted by Gasteiger charge is 2.28. The number of aliphatic carboxylic acids is 1. The fourth-order valence-electron chi connectivity index (χ4n) is 6.31. The topological polar surface area (TPSA) is 263 Å². The van der Waals surface area contributed by atoms with E-state index in [0.29, 0.717) is 65.4 Å². The van der Waals surface area contributed by atoms with Crippen LogP contribution in [0.15, 0.2) is 97.1 Å². The second-order valence-corrected chi connectivity index (χ2v) is 19.1. The van der Waals surface area contributed by atoms with Crippen molar-refractivity contribution in [1.82, 2.24) is 21.3 Å². The molecule has 0 saturated carbocycles. The number of ketones is 1. The summed E-state index contributed by atoms with van der Waals surface area (Å²) in [5, 5.41) is 38.1. The predicted molar refractivity (Wildman–Crippen MR) is 272 cm³/mol. The molecule has 0 aliphatic carbocycles. The molecule has 4 aromatic rings. The van der Waals surface area contributed by atoms with Crippen molar-refractivity contribution in [2.45, 2.75) is 136 Å². The van der Waals surface area contributed by atoms with Gasteiger partial charge in [0.2, 0.25) is 11.8 Å². The molecule has 4 amide bonds. The maximum absolute atomic E-state index is 13.0. The number of carbonyl (C=O) groups is 6. The van der Waals surface area contributed by atoms with Crippen LogP contribution in [0.5, 0.6) is 0 Å². The molecule has 0 radical (unpaired) electrons. The highest BCUT2D eigenvalue weighted by atomic mass is 35.5. The van der Waals surface area contributed by atoms with Crippen LogP contribution in [-0.2, 0) is 54.5 Å². The van der Waals surface area contributed by atoms with Crippen molar-refractivity contribution in [3.63, 3.8) is 0 Å². The quantitative estimate of drug-likeness (QED) is 0.0548. The van der Waals surface area contributed by atoms with Crippen LogP contribution >= 0.6 is 23.2 Å². The second kappa shape index (κ2) is 29.9. The first kappa shape index (κ1) is 60.1. The van der Waals surface area contributed by atoms with Gasteiger partial charge in [0, 0.05) is 23.0 Å². The number of ether oxygens (including phenoxy) is 2. The van der Waals surface area contributed by atoms with Gasteiger partial charge in [0.05, 0.1) is 29.3 Å². The molecule has 18 heteroatoms. The van der Waals surface area contributed by atoms with Crippen molar-refractivity contribution in [2.24, 2.45) is 5.73 Å². The maximum atomic E-state index is 13.0. The maximum Gasteiger partial charge on any atom is 0.408 e. The highest BCUT2D eigenvalue weighted by Crippen LogP contribution is 2.18. The summed E-state index contributed by atoms with van der Waals surface area (Å²) in [4.78, 5) is 73.3. The van der Waals surface area contributed by atoms with E-state index in [1.54, 1.807) is 84.9 Å². The minimum atomic E-state index is -1.15. The van der Waals surface area contributed by atoms with Gasteiger partial charge in [0.1, 0.15) is 29.3 Å². The Bertz CT molecular complexity index is 2480. The van der Waals surface area contributed by atoms with Crippen LogP contribution in [0.1, 0.15) is 108 Å². The van der Waals surface area contributed by atoms with E-state index in [-0.39, 0.29) is 12.2 Å². The van der Waals surface area contributed by atoms with Gasteiger partial charge in [-0.15, -0.1) is 0 Å². The fourth-order valence-corrected chi connectivity index (χ4v) is 6.70. The number of nitrogens with one attached hydrogen (secondary N) is 4. The Kier molecular flexibility index (Phi) is 25.3. The van der Waals surface area contributed by atoms with Crippen LogP contribution in [-0.4, -0.2) is 76.2 Å². The number of carboxylic acid groups (broad SMARTS) is 1. The van der Waals surface area contributed by atoms with E-state index < -0.39 is 65.3 Å². The number of rotatable bonds is 18. The Labute approximate surface area is 426 Å².